The molecule has 0 aliphatic heterocycles. The lowest BCUT2D eigenvalue weighted by molar-refractivity contribution is 0.457. The van der Waals surface area contributed by atoms with Crippen LogP contribution >= 0.6 is 15.9 Å². The van der Waals surface area contributed by atoms with Gasteiger partial charge in [-0.3, -0.25) is 0 Å². The number of aromatic nitrogens is 1. The van der Waals surface area contributed by atoms with E-state index in [-0.39, 0.29) is 0 Å². The molecule has 0 atom stereocenters. The summed E-state index contributed by atoms with van der Waals surface area (Å²) in [5.74, 6) is 1.51. The van der Waals surface area contributed by atoms with Gasteiger partial charge in [0, 0.05) is 6.20 Å². The standard InChI is InChI=1S/C16H16BrNO/c1-11-8-9-18-16(15(11)17)19-14-7-6-12-4-2-3-5-13(12)10-14/h6-10H,2-5H2,1H3. The Morgan fingerprint density at radius 1 is 1.11 bits per heavy atom. The molecule has 0 saturated carbocycles. The lowest BCUT2D eigenvalue weighted by Gasteiger charge is -2.16. The van der Waals surface area contributed by atoms with Crippen molar-refractivity contribution in [1.82, 2.24) is 4.98 Å². The molecule has 1 heterocycles. The van der Waals surface area contributed by atoms with Gasteiger partial charge in [-0.1, -0.05) is 6.07 Å². The van der Waals surface area contributed by atoms with Gasteiger partial charge < -0.3 is 4.74 Å². The van der Waals surface area contributed by atoms with Crippen LogP contribution in [0, 0.1) is 6.92 Å². The molecule has 1 aliphatic carbocycles. The molecular formula is C16H16BrNO. The zero-order valence-corrected chi connectivity index (χ0v) is 12.5. The molecule has 1 aliphatic rings. The van der Waals surface area contributed by atoms with Crippen LogP contribution in [-0.2, 0) is 12.8 Å². The number of hydrogen-bond acceptors (Lipinski definition) is 2. The summed E-state index contributed by atoms with van der Waals surface area (Å²) in [7, 11) is 0. The number of ether oxygens (including phenoxy) is 1. The molecule has 1 aromatic carbocycles. The molecule has 0 saturated heterocycles. The third-order valence-electron chi connectivity index (χ3n) is 3.58. The highest BCUT2D eigenvalue weighted by Crippen LogP contribution is 2.32. The van der Waals surface area contributed by atoms with Crippen molar-refractivity contribution < 1.29 is 4.74 Å². The highest BCUT2D eigenvalue weighted by molar-refractivity contribution is 9.10. The zero-order chi connectivity index (χ0) is 13.2. The van der Waals surface area contributed by atoms with Crippen molar-refractivity contribution in [2.45, 2.75) is 32.6 Å². The van der Waals surface area contributed by atoms with E-state index in [1.807, 2.05) is 19.1 Å². The van der Waals surface area contributed by atoms with Crippen LogP contribution in [0.3, 0.4) is 0 Å². The van der Waals surface area contributed by atoms with Gasteiger partial charge in [0.2, 0.25) is 5.88 Å². The molecule has 0 amide bonds. The average molecular weight is 318 g/mol. The van der Waals surface area contributed by atoms with Crippen LogP contribution in [0.5, 0.6) is 11.6 Å². The molecule has 0 spiro atoms. The summed E-state index contributed by atoms with van der Waals surface area (Å²) in [5.41, 5.74) is 4.02. The van der Waals surface area contributed by atoms with Crippen LogP contribution in [0.2, 0.25) is 0 Å². The predicted molar refractivity (Wildman–Crippen MR) is 79.8 cm³/mol. The largest absolute Gasteiger partial charge is 0.438 e. The third-order valence-corrected chi connectivity index (χ3v) is 4.55. The summed E-state index contributed by atoms with van der Waals surface area (Å²) < 4.78 is 6.82. The van der Waals surface area contributed by atoms with Crippen LogP contribution < -0.4 is 4.74 Å². The monoisotopic (exact) mass is 317 g/mol. The van der Waals surface area contributed by atoms with Crippen molar-refractivity contribution in [3.8, 4) is 11.6 Å². The van der Waals surface area contributed by atoms with Gasteiger partial charge in [-0.15, -0.1) is 0 Å². The second-order valence-electron chi connectivity index (χ2n) is 4.99. The Labute approximate surface area is 122 Å². The number of aryl methyl sites for hydroxylation is 3. The molecule has 3 rings (SSSR count). The summed E-state index contributed by atoms with van der Waals surface area (Å²) in [5, 5.41) is 0. The van der Waals surface area contributed by atoms with Gasteiger partial charge >= 0.3 is 0 Å². The zero-order valence-electron chi connectivity index (χ0n) is 10.9. The van der Waals surface area contributed by atoms with E-state index in [0.717, 1.165) is 22.2 Å². The summed E-state index contributed by atoms with van der Waals surface area (Å²) in [6, 6.07) is 8.35. The molecule has 3 heteroatoms. The summed E-state index contributed by atoms with van der Waals surface area (Å²) in [6.07, 6.45) is 6.71. The molecule has 19 heavy (non-hydrogen) atoms. The van der Waals surface area contributed by atoms with E-state index < -0.39 is 0 Å². The Bertz CT molecular complexity index is 610. The van der Waals surface area contributed by atoms with Crippen molar-refractivity contribution in [2.24, 2.45) is 0 Å². The highest BCUT2D eigenvalue weighted by atomic mass is 79.9. The Morgan fingerprint density at radius 2 is 1.89 bits per heavy atom. The molecule has 1 aromatic heterocycles. The first-order chi connectivity index (χ1) is 9.24. The van der Waals surface area contributed by atoms with Gasteiger partial charge in [0.1, 0.15) is 5.75 Å². The van der Waals surface area contributed by atoms with E-state index in [0.29, 0.717) is 5.88 Å². The maximum Gasteiger partial charge on any atom is 0.233 e. The Morgan fingerprint density at radius 3 is 2.74 bits per heavy atom. The number of pyridine rings is 1. The van der Waals surface area contributed by atoms with Crippen molar-refractivity contribution in [1.29, 1.82) is 0 Å². The second kappa shape index (κ2) is 5.33. The molecule has 0 fully saturated rings. The Hall–Kier alpha value is -1.35. The van der Waals surface area contributed by atoms with E-state index in [1.165, 1.54) is 30.4 Å². The fourth-order valence-electron chi connectivity index (χ4n) is 2.47. The minimum atomic E-state index is 0.635. The minimum absolute atomic E-state index is 0.635. The van der Waals surface area contributed by atoms with Gasteiger partial charge in [-0.2, -0.15) is 0 Å². The predicted octanol–water partition coefficient (Wildman–Crippen LogP) is 4.82. The third kappa shape index (κ3) is 2.66. The van der Waals surface area contributed by atoms with Crippen molar-refractivity contribution in [2.75, 3.05) is 0 Å². The summed E-state index contributed by atoms with van der Waals surface area (Å²) >= 11 is 3.53. The van der Waals surface area contributed by atoms with E-state index >= 15 is 0 Å². The Kier molecular flexibility index (Phi) is 3.56. The van der Waals surface area contributed by atoms with Gasteiger partial charge in [-0.25, -0.2) is 4.98 Å². The molecule has 0 N–H and O–H groups in total. The van der Waals surface area contributed by atoms with Crippen LogP contribution in [0.1, 0.15) is 29.5 Å². The maximum atomic E-state index is 5.90. The second-order valence-corrected chi connectivity index (χ2v) is 5.78. The first kappa shape index (κ1) is 12.7. The number of rotatable bonds is 2. The van der Waals surface area contributed by atoms with Gasteiger partial charge in [0.15, 0.2) is 0 Å². The number of fused-ring (bicyclic) bond motifs is 1. The smallest absolute Gasteiger partial charge is 0.233 e. The summed E-state index contributed by atoms with van der Waals surface area (Å²) in [4.78, 5) is 4.28. The van der Waals surface area contributed by atoms with Crippen LogP contribution in [0.15, 0.2) is 34.9 Å². The van der Waals surface area contributed by atoms with Gasteiger partial charge in [0.25, 0.3) is 0 Å². The van der Waals surface area contributed by atoms with E-state index in [4.69, 9.17) is 4.74 Å². The molecule has 2 aromatic rings. The molecule has 98 valence electrons. The molecular weight excluding hydrogens is 302 g/mol. The van der Waals surface area contributed by atoms with Crippen LogP contribution in [0.4, 0.5) is 0 Å². The number of nitrogens with zero attached hydrogens (tertiary/aromatic N) is 1. The van der Waals surface area contributed by atoms with Crippen LogP contribution in [0.25, 0.3) is 0 Å². The number of benzene rings is 1. The van der Waals surface area contributed by atoms with Crippen molar-refractivity contribution in [3.63, 3.8) is 0 Å². The van der Waals surface area contributed by atoms with E-state index in [2.05, 4.69) is 33.0 Å². The van der Waals surface area contributed by atoms with Crippen molar-refractivity contribution >= 4 is 15.9 Å². The summed E-state index contributed by atoms with van der Waals surface area (Å²) in [6.45, 7) is 2.03. The first-order valence-corrected chi connectivity index (χ1v) is 7.44. The topological polar surface area (TPSA) is 22.1 Å². The SMILES string of the molecule is Cc1ccnc(Oc2ccc3c(c2)CCCC3)c1Br. The maximum absolute atomic E-state index is 5.90. The fourth-order valence-corrected chi connectivity index (χ4v) is 2.79. The lowest BCUT2D eigenvalue weighted by Crippen LogP contribution is -2.02. The van der Waals surface area contributed by atoms with Crippen LogP contribution in [-0.4, -0.2) is 4.98 Å². The molecule has 0 unspecified atom stereocenters. The normalized spacial score (nSPS) is 14.0. The quantitative estimate of drug-likeness (QED) is 0.792. The van der Waals surface area contributed by atoms with Crippen molar-refractivity contribution in [3.05, 3.63) is 51.6 Å². The van der Waals surface area contributed by atoms with Gasteiger partial charge in [-0.05, 0) is 83.4 Å². The fraction of sp³-hybridized carbons (Fsp3) is 0.312. The first-order valence-electron chi connectivity index (χ1n) is 6.65. The Balaban J connectivity index is 1.89. The van der Waals surface area contributed by atoms with Gasteiger partial charge in [0.05, 0.1) is 4.47 Å². The molecule has 0 radical (unpaired) electrons. The highest BCUT2D eigenvalue weighted by Gasteiger charge is 2.12. The minimum Gasteiger partial charge on any atom is -0.438 e. The molecule has 2 nitrogen and oxygen atoms in total. The van der Waals surface area contributed by atoms with E-state index in [9.17, 15) is 0 Å². The number of halogens is 1. The van der Waals surface area contributed by atoms with E-state index in [1.54, 1.807) is 6.20 Å². The average Bonchev–Trinajstić information content (AvgIpc) is 2.44. The number of hydrogen-bond donors (Lipinski definition) is 0. The molecule has 0 bridgehead atoms. The lowest BCUT2D eigenvalue weighted by atomic mass is 9.92.